The average molecular weight is 545 g/mol. The standard InChI is InChI=1S/C29H25ClN4O3S/c1-18(2)25-14-24(29(36)37-3)28(38-25)32-27(35)21(15-31)13-22-17-34(16-19-9-11-23(30)12-10-19)33-26(22)20-7-5-4-6-8-20/h4-14,17-18H,16H2,1-3H3,(H,32,35)/b21-13+. The van der Waals surface area contributed by atoms with E-state index in [0.29, 0.717) is 27.8 Å². The number of nitrogens with one attached hydrogen (secondary N) is 1. The van der Waals surface area contributed by atoms with Crippen LogP contribution in [0.3, 0.4) is 0 Å². The highest BCUT2D eigenvalue weighted by atomic mass is 35.5. The molecule has 38 heavy (non-hydrogen) atoms. The second-order valence-corrected chi connectivity index (χ2v) is 10.3. The van der Waals surface area contributed by atoms with E-state index >= 15 is 0 Å². The molecule has 1 N–H and O–H groups in total. The zero-order chi connectivity index (χ0) is 27.2. The highest BCUT2D eigenvalue weighted by Crippen LogP contribution is 2.34. The number of benzene rings is 2. The van der Waals surface area contributed by atoms with Crippen LogP contribution < -0.4 is 5.32 Å². The van der Waals surface area contributed by atoms with E-state index in [-0.39, 0.29) is 17.1 Å². The number of halogens is 1. The van der Waals surface area contributed by atoms with Crippen LogP contribution in [0.5, 0.6) is 0 Å². The van der Waals surface area contributed by atoms with E-state index in [0.717, 1.165) is 16.0 Å². The van der Waals surface area contributed by atoms with Crippen LogP contribution in [0.25, 0.3) is 17.3 Å². The van der Waals surface area contributed by atoms with Crippen LogP contribution in [0, 0.1) is 11.3 Å². The van der Waals surface area contributed by atoms with Crippen molar-refractivity contribution >= 4 is 45.9 Å². The van der Waals surface area contributed by atoms with Gasteiger partial charge in [0.15, 0.2) is 0 Å². The third-order valence-electron chi connectivity index (χ3n) is 5.71. The molecule has 0 atom stereocenters. The maximum absolute atomic E-state index is 13.2. The molecule has 0 fully saturated rings. The summed E-state index contributed by atoms with van der Waals surface area (Å²) < 4.78 is 6.63. The Morgan fingerprint density at radius 2 is 1.89 bits per heavy atom. The summed E-state index contributed by atoms with van der Waals surface area (Å²) >= 11 is 7.30. The molecule has 2 aromatic heterocycles. The van der Waals surface area contributed by atoms with Crippen LogP contribution in [-0.4, -0.2) is 28.8 Å². The predicted molar refractivity (Wildman–Crippen MR) is 150 cm³/mol. The van der Waals surface area contributed by atoms with Gasteiger partial charge in [0.1, 0.15) is 16.6 Å². The van der Waals surface area contributed by atoms with Gasteiger partial charge < -0.3 is 10.1 Å². The van der Waals surface area contributed by atoms with Gasteiger partial charge in [-0.15, -0.1) is 11.3 Å². The first kappa shape index (κ1) is 26.9. The third-order valence-corrected chi connectivity index (χ3v) is 7.32. The molecule has 192 valence electrons. The first-order valence-corrected chi connectivity index (χ1v) is 13.0. The lowest BCUT2D eigenvalue weighted by molar-refractivity contribution is -0.112. The van der Waals surface area contributed by atoms with Gasteiger partial charge in [-0.05, 0) is 35.8 Å². The number of nitriles is 1. The molecule has 4 rings (SSSR count). The zero-order valence-corrected chi connectivity index (χ0v) is 22.6. The van der Waals surface area contributed by atoms with Gasteiger partial charge in [0.05, 0.1) is 24.9 Å². The molecule has 1 amide bonds. The van der Waals surface area contributed by atoms with Crippen LogP contribution in [0.4, 0.5) is 5.00 Å². The number of aromatic nitrogens is 2. The molecular formula is C29H25ClN4O3S. The minimum Gasteiger partial charge on any atom is -0.465 e. The molecule has 0 aliphatic heterocycles. The summed E-state index contributed by atoms with van der Waals surface area (Å²) in [6.07, 6.45) is 3.31. The van der Waals surface area contributed by atoms with E-state index in [1.807, 2.05) is 74.5 Å². The number of hydrogen-bond donors (Lipinski definition) is 1. The molecule has 4 aromatic rings. The topological polar surface area (TPSA) is 97.0 Å². The van der Waals surface area contributed by atoms with Crippen molar-refractivity contribution < 1.29 is 14.3 Å². The van der Waals surface area contributed by atoms with Gasteiger partial charge >= 0.3 is 5.97 Å². The van der Waals surface area contributed by atoms with Gasteiger partial charge in [-0.1, -0.05) is 67.9 Å². The summed E-state index contributed by atoms with van der Waals surface area (Å²) in [7, 11) is 1.29. The Bertz CT molecular complexity index is 1530. The summed E-state index contributed by atoms with van der Waals surface area (Å²) in [6, 6.07) is 20.7. The molecule has 0 aliphatic carbocycles. The fraction of sp³-hybridized carbons (Fsp3) is 0.172. The Morgan fingerprint density at radius 1 is 1.18 bits per heavy atom. The number of carbonyl (C=O) groups excluding carboxylic acids is 2. The minimum absolute atomic E-state index is 0.122. The monoisotopic (exact) mass is 544 g/mol. The predicted octanol–water partition coefficient (Wildman–Crippen LogP) is 6.77. The van der Waals surface area contributed by atoms with E-state index in [2.05, 4.69) is 5.32 Å². The fourth-order valence-electron chi connectivity index (χ4n) is 3.74. The lowest BCUT2D eigenvalue weighted by Crippen LogP contribution is -2.15. The molecule has 2 aromatic carbocycles. The molecule has 0 bridgehead atoms. The molecule has 2 heterocycles. The Hall–Kier alpha value is -4.19. The Kier molecular flexibility index (Phi) is 8.41. The number of nitrogens with zero attached hydrogens (tertiary/aromatic N) is 3. The molecule has 9 heteroatoms. The molecule has 0 saturated carbocycles. The minimum atomic E-state index is -0.626. The molecule has 0 aliphatic rings. The van der Waals surface area contributed by atoms with Crippen molar-refractivity contribution in [1.82, 2.24) is 9.78 Å². The quantitative estimate of drug-likeness (QED) is 0.150. The SMILES string of the molecule is COC(=O)c1cc(C(C)C)sc1NC(=O)/C(C#N)=C/c1cn(Cc2ccc(Cl)cc2)nc1-c1ccccc1. The number of anilines is 1. The van der Waals surface area contributed by atoms with E-state index in [4.69, 9.17) is 21.4 Å². The van der Waals surface area contributed by atoms with E-state index in [1.54, 1.807) is 16.9 Å². The first-order chi connectivity index (χ1) is 18.3. The molecule has 0 saturated heterocycles. The molecule has 0 spiro atoms. The van der Waals surface area contributed by atoms with Crippen LogP contribution in [0.15, 0.2) is 72.4 Å². The lowest BCUT2D eigenvalue weighted by Gasteiger charge is -2.05. The molecule has 7 nitrogen and oxygen atoms in total. The van der Waals surface area contributed by atoms with E-state index in [1.165, 1.54) is 24.5 Å². The Labute approximate surface area is 229 Å². The van der Waals surface area contributed by atoms with Crippen molar-refractivity contribution in [2.75, 3.05) is 12.4 Å². The Morgan fingerprint density at radius 3 is 2.53 bits per heavy atom. The maximum Gasteiger partial charge on any atom is 0.340 e. The average Bonchev–Trinajstić information content (AvgIpc) is 3.52. The summed E-state index contributed by atoms with van der Waals surface area (Å²) in [4.78, 5) is 26.4. The van der Waals surface area contributed by atoms with Crippen LogP contribution in [0.2, 0.25) is 5.02 Å². The fourth-order valence-corrected chi connectivity index (χ4v) is 4.91. The highest BCUT2D eigenvalue weighted by molar-refractivity contribution is 7.16. The zero-order valence-electron chi connectivity index (χ0n) is 21.1. The number of rotatable bonds is 8. The maximum atomic E-state index is 13.2. The molecule has 0 unspecified atom stereocenters. The van der Waals surface area contributed by atoms with Gasteiger partial charge in [0, 0.05) is 27.2 Å². The smallest absolute Gasteiger partial charge is 0.340 e. The number of hydrogen-bond acceptors (Lipinski definition) is 6. The number of esters is 1. The third kappa shape index (κ3) is 6.20. The normalized spacial score (nSPS) is 11.3. The number of amides is 1. The molecular weight excluding hydrogens is 520 g/mol. The second-order valence-electron chi connectivity index (χ2n) is 8.78. The van der Waals surface area contributed by atoms with Gasteiger partial charge in [-0.3, -0.25) is 9.48 Å². The number of thiophene rings is 1. The van der Waals surface area contributed by atoms with E-state index < -0.39 is 11.9 Å². The van der Waals surface area contributed by atoms with Gasteiger partial charge in [-0.2, -0.15) is 10.4 Å². The summed E-state index contributed by atoms with van der Waals surface area (Å²) in [6.45, 7) is 4.46. The van der Waals surface area contributed by atoms with Crippen molar-refractivity contribution in [2.45, 2.75) is 26.3 Å². The second kappa shape index (κ2) is 11.9. The van der Waals surface area contributed by atoms with Crippen molar-refractivity contribution in [1.29, 1.82) is 5.26 Å². The van der Waals surface area contributed by atoms with Crippen molar-refractivity contribution in [3.05, 3.63) is 99.0 Å². The van der Waals surface area contributed by atoms with Crippen molar-refractivity contribution in [3.63, 3.8) is 0 Å². The van der Waals surface area contributed by atoms with Gasteiger partial charge in [0.2, 0.25) is 0 Å². The van der Waals surface area contributed by atoms with Crippen LogP contribution >= 0.6 is 22.9 Å². The number of ether oxygens (including phenoxy) is 1. The summed E-state index contributed by atoms with van der Waals surface area (Å²) in [5.41, 5.74) is 3.22. The number of carbonyl (C=O) groups is 2. The van der Waals surface area contributed by atoms with Crippen LogP contribution in [0.1, 0.15) is 46.1 Å². The number of methoxy groups -OCH3 is 1. The lowest BCUT2D eigenvalue weighted by atomic mass is 10.1. The van der Waals surface area contributed by atoms with Gasteiger partial charge in [0.25, 0.3) is 5.91 Å². The molecule has 0 radical (unpaired) electrons. The highest BCUT2D eigenvalue weighted by Gasteiger charge is 2.22. The van der Waals surface area contributed by atoms with E-state index in [9.17, 15) is 14.9 Å². The largest absolute Gasteiger partial charge is 0.465 e. The van der Waals surface area contributed by atoms with Crippen molar-refractivity contribution in [3.8, 4) is 17.3 Å². The first-order valence-electron chi connectivity index (χ1n) is 11.8. The Balaban J connectivity index is 1.69. The summed E-state index contributed by atoms with van der Waals surface area (Å²) in [5, 5.41) is 18.3. The van der Waals surface area contributed by atoms with Crippen molar-refractivity contribution in [2.24, 2.45) is 0 Å². The summed E-state index contributed by atoms with van der Waals surface area (Å²) in [5.74, 6) is -1.03. The van der Waals surface area contributed by atoms with Crippen LogP contribution in [-0.2, 0) is 16.1 Å². The van der Waals surface area contributed by atoms with Gasteiger partial charge in [-0.25, -0.2) is 4.79 Å².